The molecule has 0 bridgehead atoms. The number of alkyl halides is 3. The molecule has 4 nitrogen and oxygen atoms in total. The van der Waals surface area contributed by atoms with Gasteiger partial charge in [0.1, 0.15) is 0 Å². The summed E-state index contributed by atoms with van der Waals surface area (Å²) in [6.45, 7) is 1.77. The molecule has 0 aromatic heterocycles. The van der Waals surface area contributed by atoms with Crippen LogP contribution >= 0.6 is 0 Å². The normalized spacial score (nSPS) is 20.5. The molecule has 0 unspecified atom stereocenters. The van der Waals surface area contributed by atoms with Crippen molar-refractivity contribution < 1.29 is 22.8 Å². The SMILES string of the molecule is CN1CC2(CCC1=O)CCN(C(=O)Cc1ccccc1C(F)(F)F)CC2. The monoisotopic (exact) mass is 368 g/mol. The van der Waals surface area contributed by atoms with E-state index in [2.05, 4.69) is 0 Å². The zero-order chi connectivity index (χ0) is 18.9. The molecular weight excluding hydrogens is 345 g/mol. The van der Waals surface area contributed by atoms with Gasteiger partial charge in [0.25, 0.3) is 0 Å². The Labute approximate surface area is 151 Å². The van der Waals surface area contributed by atoms with Crippen LogP contribution in [-0.2, 0) is 22.2 Å². The number of rotatable bonds is 2. The molecule has 1 aromatic carbocycles. The largest absolute Gasteiger partial charge is 0.416 e. The van der Waals surface area contributed by atoms with E-state index < -0.39 is 11.7 Å². The average Bonchev–Trinajstić information content (AvgIpc) is 2.59. The highest BCUT2D eigenvalue weighted by molar-refractivity contribution is 5.79. The third-order valence-corrected chi connectivity index (χ3v) is 5.71. The molecule has 142 valence electrons. The van der Waals surface area contributed by atoms with E-state index in [0.717, 1.165) is 25.3 Å². The predicted molar refractivity (Wildman–Crippen MR) is 90.3 cm³/mol. The molecule has 2 aliphatic rings. The number of likely N-dealkylation sites (tertiary alicyclic amines) is 2. The Bertz CT molecular complexity index is 694. The van der Waals surface area contributed by atoms with E-state index in [0.29, 0.717) is 26.1 Å². The second-order valence-corrected chi connectivity index (χ2v) is 7.46. The first-order chi connectivity index (χ1) is 12.2. The van der Waals surface area contributed by atoms with Gasteiger partial charge in [0.2, 0.25) is 11.8 Å². The minimum atomic E-state index is -4.46. The fraction of sp³-hybridized carbons (Fsp3) is 0.579. The van der Waals surface area contributed by atoms with Gasteiger partial charge in [-0.2, -0.15) is 13.2 Å². The van der Waals surface area contributed by atoms with E-state index in [1.807, 2.05) is 0 Å². The van der Waals surface area contributed by atoms with Gasteiger partial charge in [-0.25, -0.2) is 0 Å². The third-order valence-electron chi connectivity index (χ3n) is 5.71. The van der Waals surface area contributed by atoms with Crippen LogP contribution in [0.2, 0.25) is 0 Å². The molecule has 0 saturated carbocycles. The molecule has 7 heteroatoms. The summed E-state index contributed by atoms with van der Waals surface area (Å²) >= 11 is 0. The number of piperidine rings is 2. The van der Waals surface area contributed by atoms with E-state index in [1.165, 1.54) is 18.2 Å². The summed E-state index contributed by atoms with van der Waals surface area (Å²) in [4.78, 5) is 27.6. The van der Waals surface area contributed by atoms with Gasteiger partial charge in [-0.15, -0.1) is 0 Å². The molecule has 2 fully saturated rings. The zero-order valence-corrected chi connectivity index (χ0v) is 14.8. The Morgan fingerprint density at radius 1 is 1.15 bits per heavy atom. The van der Waals surface area contributed by atoms with E-state index in [4.69, 9.17) is 0 Å². The number of benzene rings is 1. The van der Waals surface area contributed by atoms with Crippen LogP contribution in [0.3, 0.4) is 0 Å². The van der Waals surface area contributed by atoms with Crippen LogP contribution < -0.4 is 0 Å². The number of amides is 2. The fourth-order valence-electron chi connectivity index (χ4n) is 4.10. The van der Waals surface area contributed by atoms with Crippen LogP contribution in [0.1, 0.15) is 36.8 Å². The summed E-state index contributed by atoms with van der Waals surface area (Å²) in [6, 6.07) is 5.25. The highest BCUT2D eigenvalue weighted by atomic mass is 19.4. The molecular formula is C19H23F3N2O2. The van der Waals surface area contributed by atoms with Crippen molar-refractivity contribution in [1.29, 1.82) is 0 Å². The van der Waals surface area contributed by atoms with Gasteiger partial charge < -0.3 is 9.80 Å². The minimum Gasteiger partial charge on any atom is -0.345 e. The average molecular weight is 368 g/mol. The van der Waals surface area contributed by atoms with Crippen molar-refractivity contribution in [1.82, 2.24) is 9.80 Å². The molecule has 26 heavy (non-hydrogen) atoms. The van der Waals surface area contributed by atoms with Crippen molar-refractivity contribution in [3.8, 4) is 0 Å². The van der Waals surface area contributed by atoms with Gasteiger partial charge in [0.15, 0.2) is 0 Å². The molecule has 0 atom stereocenters. The molecule has 0 radical (unpaired) electrons. The fourth-order valence-corrected chi connectivity index (χ4v) is 4.10. The Morgan fingerprint density at radius 3 is 2.42 bits per heavy atom. The quantitative estimate of drug-likeness (QED) is 0.805. The van der Waals surface area contributed by atoms with Gasteiger partial charge in [-0.3, -0.25) is 9.59 Å². The smallest absolute Gasteiger partial charge is 0.345 e. The highest BCUT2D eigenvalue weighted by Gasteiger charge is 2.41. The summed E-state index contributed by atoms with van der Waals surface area (Å²) in [6.07, 6.45) is -1.75. The summed E-state index contributed by atoms with van der Waals surface area (Å²) in [7, 11) is 1.80. The molecule has 1 spiro atoms. The molecule has 1 aromatic rings. The van der Waals surface area contributed by atoms with E-state index >= 15 is 0 Å². The lowest BCUT2D eigenvalue weighted by molar-refractivity contribution is -0.141. The molecule has 2 saturated heterocycles. The van der Waals surface area contributed by atoms with Crippen molar-refractivity contribution in [3.63, 3.8) is 0 Å². The Hall–Kier alpha value is -2.05. The summed E-state index contributed by atoms with van der Waals surface area (Å²) in [5, 5.41) is 0. The maximum Gasteiger partial charge on any atom is 0.416 e. The molecule has 0 N–H and O–H groups in total. The van der Waals surface area contributed by atoms with Crippen LogP contribution in [-0.4, -0.2) is 48.3 Å². The second-order valence-electron chi connectivity index (χ2n) is 7.46. The van der Waals surface area contributed by atoms with Crippen LogP contribution in [0.15, 0.2) is 24.3 Å². The van der Waals surface area contributed by atoms with E-state index in [9.17, 15) is 22.8 Å². The van der Waals surface area contributed by atoms with Crippen molar-refractivity contribution in [2.24, 2.45) is 5.41 Å². The minimum absolute atomic E-state index is 0.0216. The van der Waals surface area contributed by atoms with Crippen molar-refractivity contribution in [2.45, 2.75) is 38.3 Å². The lowest BCUT2D eigenvalue weighted by atomic mass is 9.72. The lowest BCUT2D eigenvalue weighted by Gasteiger charge is -2.46. The predicted octanol–water partition coefficient (Wildman–Crippen LogP) is 3.11. The van der Waals surface area contributed by atoms with E-state index in [1.54, 1.807) is 16.8 Å². The molecule has 3 rings (SSSR count). The van der Waals surface area contributed by atoms with Gasteiger partial charge >= 0.3 is 6.18 Å². The number of carbonyl (C=O) groups excluding carboxylic acids is 2. The number of hydrogen-bond acceptors (Lipinski definition) is 2. The van der Waals surface area contributed by atoms with Crippen molar-refractivity contribution in [2.75, 3.05) is 26.7 Å². The topological polar surface area (TPSA) is 40.6 Å². The standard InChI is InChI=1S/C19H23F3N2O2/c1-23-13-18(7-6-16(23)25)8-10-24(11-9-18)17(26)12-14-4-2-3-5-15(14)19(20,21)22/h2-5H,6-13H2,1H3. The number of hydrogen-bond donors (Lipinski definition) is 0. The highest BCUT2D eigenvalue weighted by Crippen LogP contribution is 2.40. The van der Waals surface area contributed by atoms with Gasteiger partial charge in [0, 0.05) is 33.1 Å². The van der Waals surface area contributed by atoms with E-state index in [-0.39, 0.29) is 29.2 Å². The van der Waals surface area contributed by atoms with Crippen molar-refractivity contribution >= 4 is 11.8 Å². The molecule has 2 aliphatic heterocycles. The maximum absolute atomic E-state index is 13.1. The first kappa shape index (κ1) is 18.7. The number of nitrogens with zero attached hydrogens (tertiary/aromatic N) is 2. The second kappa shape index (κ2) is 6.93. The molecule has 0 aliphatic carbocycles. The Kier molecular flexibility index (Phi) is 4.99. The molecule has 2 amide bonds. The lowest BCUT2D eigenvalue weighted by Crippen LogP contribution is -2.51. The molecule has 2 heterocycles. The first-order valence-electron chi connectivity index (χ1n) is 8.87. The number of carbonyl (C=O) groups is 2. The first-order valence-corrected chi connectivity index (χ1v) is 8.87. The summed E-state index contributed by atoms with van der Waals surface area (Å²) in [5.41, 5.74) is -0.675. The maximum atomic E-state index is 13.1. The third kappa shape index (κ3) is 3.86. The summed E-state index contributed by atoms with van der Waals surface area (Å²) in [5.74, 6) is -0.116. The van der Waals surface area contributed by atoms with Crippen LogP contribution in [0.5, 0.6) is 0 Å². The van der Waals surface area contributed by atoms with Gasteiger partial charge in [-0.05, 0) is 36.3 Å². The van der Waals surface area contributed by atoms with Crippen LogP contribution in [0.4, 0.5) is 13.2 Å². The van der Waals surface area contributed by atoms with Gasteiger partial charge in [0.05, 0.1) is 12.0 Å². The number of halogens is 3. The Morgan fingerprint density at radius 2 is 1.81 bits per heavy atom. The van der Waals surface area contributed by atoms with Crippen LogP contribution in [0.25, 0.3) is 0 Å². The van der Waals surface area contributed by atoms with Crippen LogP contribution in [0, 0.1) is 5.41 Å². The zero-order valence-electron chi connectivity index (χ0n) is 14.8. The summed E-state index contributed by atoms with van der Waals surface area (Å²) < 4.78 is 39.3. The van der Waals surface area contributed by atoms with Gasteiger partial charge in [-0.1, -0.05) is 18.2 Å². The van der Waals surface area contributed by atoms with Crippen molar-refractivity contribution in [3.05, 3.63) is 35.4 Å². The Balaban J connectivity index is 1.62.